The van der Waals surface area contributed by atoms with E-state index in [0.717, 1.165) is 6.54 Å². The number of nitrogens with zero attached hydrogens (tertiary/aromatic N) is 1. The number of hydrogen-bond donors (Lipinski definition) is 2. The second-order valence-electron chi connectivity index (χ2n) is 5.09. The molecule has 1 aromatic heterocycles. The highest BCUT2D eigenvalue weighted by Crippen LogP contribution is 2.19. The van der Waals surface area contributed by atoms with E-state index in [-0.39, 0.29) is 12.5 Å². The van der Waals surface area contributed by atoms with Crippen LogP contribution in [0.1, 0.15) is 12.7 Å². The van der Waals surface area contributed by atoms with Crippen molar-refractivity contribution in [3.63, 3.8) is 0 Å². The summed E-state index contributed by atoms with van der Waals surface area (Å²) in [5.41, 5.74) is -1.22. The Morgan fingerprint density at radius 1 is 1.68 bits per heavy atom. The lowest BCUT2D eigenvalue weighted by Crippen LogP contribution is -2.50. The van der Waals surface area contributed by atoms with Gasteiger partial charge in [0.1, 0.15) is 17.5 Å². The zero-order valence-electron chi connectivity index (χ0n) is 11.3. The van der Waals surface area contributed by atoms with Crippen molar-refractivity contribution in [1.29, 1.82) is 0 Å². The van der Waals surface area contributed by atoms with Crippen LogP contribution < -0.4 is 5.32 Å². The number of aliphatic hydroxyl groups is 1. The van der Waals surface area contributed by atoms with Gasteiger partial charge >= 0.3 is 0 Å². The zero-order chi connectivity index (χ0) is 13.9. The molecule has 0 radical (unpaired) electrons. The van der Waals surface area contributed by atoms with Crippen molar-refractivity contribution < 1.29 is 19.1 Å². The molecule has 6 nitrogen and oxygen atoms in total. The summed E-state index contributed by atoms with van der Waals surface area (Å²) in [5.74, 6) is 0.216. The topological polar surface area (TPSA) is 74.9 Å². The summed E-state index contributed by atoms with van der Waals surface area (Å²) in [6.45, 7) is 3.62. The van der Waals surface area contributed by atoms with Gasteiger partial charge in [0.25, 0.3) is 5.91 Å². The largest absolute Gasteiger partial charge is 0.466 e. The van der Waals surface area contributed by atoms with E-state index in [1.165, 1.54) is 6.26 Å². The lowest BCUT2D eigenvalue weighted by atomic mass is 10.0. The van der Waals surface area contributed by atoms with E-state index in [2.05, 4.69) is 5.32 Å². The van der Waals surface area contributed by atoms with Gasteiger partial charge in [0.15, 0.2) is 0 Å². The molecule has 1 aromatic rings. The zero-order valence-corrected chi connectivity index (χ0v) is 11.3. The van der Waals surface area contributed by atoms with E-state index in [9.17, 15) is 9.90 Å². The van der Waals surface area contributed by atoms with E-state index in [1.807, 2.05) is 11.9 Å². The Morgan fingerprint density at radius 2 is 2.47 bits per heavy atom. The summed E-state index contributed by atoms with van der Waals surface area (Å²) >= 11 is 0. The fourth-order valence-electron chi connectivity index (χ4n) is 1.98. The van der Waals surface area contributed by atoms with E-state index in [4.69, 9.17) is 9.15 Å². The molecule has 2 heterocycles. The van der Waals surface area contributed by atoms with Gasteiger partial charge in [-0.15, -0.1) is 0 Å². The third-order valence-electron chi connectivity index (χ3n) is 3.22. The number of rotatable bonds is 4. The van der Waals surface area contributed by atoms with Crippen LogP contribution >= 0.6 is 0 Å². The number of likely N-dealkylation sites (N-methyl/N-ethyl adjacent to an activating group) is 1. The quantitative estimate of drug-likeness (QED) is 0.800. The summed E-state index contributed by atoms with van der Waals surface area (Å²) in [6, 6.07) is 3.38. The van der Waals surface area contributed by atoms with Crippen LogP contribution in [0.3, 0.4) is 0 Å². The van der Waals surface area contributed by atoms with Crippen molar-refractivity contribution in [2.24, 2.45) is 0 Å². The Bertz CT molecular complexity index is 416. The second-order valence-corrected chi connectivity index (χ2v) is 5.09. The Balaban J connectivity index is 1.86. The monoisotopic (exact) mass is 268 g/mol. The van der Waals surface area contributed by atoms with Crippen molar-refractivity contribution in [3.8, 4) is 0 Å². The highest BCUT2D eigenvalue weighted by Gasteiger charge is 2.30. The Hall–Kier alpha value is -1.37. The number of morpholine rings is 1. The van der Waals surface area contributed by atoms with Gasteiger partial charge in [-0.05, 0) is 26.1 Å². The Kier molecular flexibility index (Phi) is 4.24. The maximum Gasteiger partial charge on any atom is 0.250 e. The molecular weight excluding hydrogens is 248 g/mol. The molecule has 0 aliphatic carbocycles. The second kappa shape index (κ2) is 5.73. The number of hydrogen-bond acceptors (Lipinski definition) is 5. The molecule has 1 aliphatic heterocycles. The van der Waals surface area contributed by atoms with E-state index in [1.54, 1.807) is 19.1 Å². The predicted octanol–water partition coefficient (Wildman–Crippen LogP) is -0.0661. The molecule has 1 amide bonds. The number of ether oxygens (including phenoxy) is 1. The van der Waals surface area contributed by atoms with Gasteiger partial charge in [0.2, 0.25) is 0 Å². The molecule has 0 aromatic carbocycles. The van der Waals surface area contributed by atoms with E-state index < -0.39 is 11.7 Å². The number of furan rings is 1. The van der Waals surface area contributed by atoms with Crippen molar-refractivity contribution in [3.05, 3.63) is 24.2 Å². The van der Waals surface area contributed by atoms with Gasteiger partial charge in [-0.2, -0.15) is 0 Å². The van der Waals surface area contributed by atoms with Gasteiger partial charge in [-0.1, -0.05) is 0 Å². The Morgan fingerprint density at radius 3 is 3.11 bits per heavy atom. The van der Waals surface area contributed by atoms with E-state index >= 15 is 0 Å². The highest BCUT2D eigenvalue weighted by atomic mass is 16.5. The van der Waals surface area contributed by atoms with Crippen molar-refractivity contribution in [2.75, 3.05) is 33.3 Å². The molecule has 2 atom stereocenters. The molecule has 6 heteroatoms. The van der Waals surface area contributed by atoms with Gasteiger partial charge in [-0.3, -0.25) is 4.79 Å². The minimum Gasteiger partial charge on any atom is -0.466 e. The molecule has 1 fully saturated rings. The maximum atomic E-state index is 12.0. The molecule has 106 valence electrons. The van der Waals surface area contributed by atoms with Crippen LogP contribution in [-0.2, 0) is 15.1 Å². The molecule has 0 spiro atoms. The van der Waals surface area contributed by atoms with Gasteiger partial charge in [0.05, 0.1) is 19.4 Å². The summed E-state index contributed by atoms with van der Waals surface area (Å²) in [4.78, 5) is 14.0. The lowest BCUT2D eigenvalue weighted by molar-refractivity contribution is -0.139. The fourth-order valence-corrected chi connectivity index (χ4v) is 1.98. The number of carbonyl (C=O) groups is 1. The van der Waals surface area contributed by atoms with Crippen LogP contribution in [-0.4, -0.2) is 55.3 Å². The first kappa shape index (κ1) is 14.0. The molecular formula is C13H20N2O4. The first-order valence-corrected chi connectivity index (χ1v) is 6.33. The number of nitrogens with one attached hydrogen (secondary N) is 1. The fraction of sp³-hybridized carbons (Fsp3) is 0.615. The van der Waals surface area contributed by atoms with Gasteiger partial charge < -0.3 is 24.5 Å². The maximum absolute atomic E-state index is 12.0. The molecule has 2 rings (SSSR count). The lowest BCUT2D eigenvalue weighted by Gasteiger charge is -2.30. The van der Waals surface area contributed by atoms with Crippen LogP contribution in [0.5, 0.6) is 0 Å². The van der Waals surface area contributed by atoms with Crippen LogP contribution in [0.15, 0.2) is 22.8 Å². The van der Waals surface area contributed by atoms with Crippen molar-refractivity contribution in [2.45, 2.75) is 18.6 Å². The molecule has 1 saturated heterocycles. The normalized spacial score (nSPS) is 23.8. The molecule has 2 unspecified atom stereocenters. The number of carbonyl (C=O) groups excluding carboxylic acids is 1. The first-order valence-electron chi connectivity index (χ1n) is 6.33. The molecule has 0 saturated carbocycles. The first-order chi connectivity index (χ1) is 8.99. The molecule has 1 aliphatic rings. The minimum atomic E-state index is -1.22. The Labute approximate surface area is 112 Å². The summed E-state index contributed by atoms with van der Waals surface area (Å²) in [6.07, 6.45) is 1.01. The number of amides is 1. The molecule has 19 heavy (non-hydrogen) atoms. The molecule has 2 N–H and O–H groups in total. The standard InChI is InChI=1S/C13H20N2O4/c1-13(17,11-4-3-6-19-11)9-14-12(16)10-8-15(2)5-7-18-10/h3-4,6,10,17H,5,7-9H2,1-2H3,(H,14,16). The summed E-state index contributed by atoms with van der Waals surface area (Å²) < 4.78 is 10.6. The third kappa shape index (κ3) is 3.56. The SMILES string of the molecule is CN1CCOC(C(=O)NCC(C)(O)c2ccco2)C1. The van der Waals surface area contributed by atoms with Crippen LogP contribution in [0.4, 0.5) is 0 Å². The summed E-state index contributed by atoms with van der Waals surface area (Å²) in [5, 5.41) is 12.9. The predicted molar refractivity (Wildman–Crippen MR) is 68.5 cm³/mol. The van der Waals surface area contributed by atoms with Crippen molar-refractivity contribution >= 4 is 5.91 Å². The molecule has 0 bridgehead atoms. The van der Waals surface area contributed by atoms with Gasteiger partial charge in [0, 0.05) is 13.1 Å². The van der Waals surface area contributed by atoms with Gasteiger partial charge in [-0.25, -0.2) is 0 Å². The van der Waals surface area contributed by atoms with Crippen LogP contribution in [0.2, 0.25) is 0 Å². The van der Waals surface area contributed by atoms with Crippen molar-refractivity contribution in [1.82, 2.24) is 10.2 Å². The third-order valence-corrected chi connectivity index (χ3v) is 3.22. The smallest absolute Gasteiger partial charge is 0.250 e. The average Bonchev–Trinajstić information content (AvgIpc) is 2.90. The van der Waals surface area contributed by atoms with Crippen LogP contribution in [0, 0.1) is 0 Å². The highest BCUT2D eigenvalue weighted by molar-refractivity contribution is 5.81. The average molecular weight is 268 g/mol. The van der Waals surface area contributed by atoms with E-state index in [0.29, 0.717) is 18.9 Å². The summed E-state index contributed by atoms with van der Waals surface area (Å²) in [7, 11) is 1.95. The van der Waals surface area contributed by atoms with Crippen LogP contribution in [0.25, 0.3) is 0 Å². The minimum absolute atomic E-state index is 0.0862.